The molecule has 0 unspecified atom stereocenters. The molecule has 0 radical (unpaired) electrons. The standard InChI is InChI=1S/C31H33ClFNO4/c1-30(2)12-21-27(23(35)14-30)26(28-22(34-21)13-31(3,4)15-24(28)36)18-10-20(32)29(25(11-18)37-5)38-16-17-6-8-19(33)9-7-17/h6-11,26,34H,12-16H2,1-5H3. The van der Waals surface area contributed by atoms with E-state index >= 15 is 0 Å². The van der Waals surface area contributed by atoms with Gasteiger partial charge in [-0.1, -0.05) is 51.4 Å². The molecule has 0 saturated heterocycles. The topological polar surface area (TPSA) is 64.6 Å². The summed E-state index contributed by atoms with van der Waals surface area (Å²) in [5.74, 6) is 0.0102. The first-order valence-electron chi connectivity index (χ1n) is 12.9. The Morgan fingerprint density at radius 3 is 2.00 bits per heavy atom. The van der Waals surface area contributed by atoms with Crippen LogP contribution in [-0.2, 0) is 16.2 Å². The van der Waals surface area contributed by atoms with Gasteiger partial charge in [-0.05, 0) is 59.1 Å². The third kappa shape index (κ3) is 4.98. The summed E-state index contributed by atoms with van der Waals surface area (Å²) in [4.78, 5) is 27.2. The Labute approximate surface area is 228 Å². The second kappa shape index (κ2) is 9.57. The lowest BCUT2D eigenvalue weighted by atomic mass is 9.64. The Balaban J connectivity index is 1.59. The second-order valence-corrected chi connectivity index (χ2v) is 12.6. The van der Waals surface area contributed by atoms with E-state index in [0.29, 0.717) is 40.5 Å². The van der Waals surface area contributed by atoms with Gasteiger partial charge in [0.2, 0.25) is 0 Å². The highest BCUT2D eigenvalue weighted by molar-refractivity contribution is 6.32. The molecule has 0 spiro atoms. The second-order valence-electron chi connectivity index (χ2n) is 12.2. The number of halogens is 2. The first-order valence-corrected chi connectivity index (χ1v) is 13.3. The quantitative estimate of drug-likeness (QED) is 0.443. The lowest BCUT2D eigenvalue weighted by Gasteiger charge is -2.44. The molecule has 0 saturated carbocycles. The molecule has 0 fully saturated rings. The summed E-state index contributed by atoms with van der Waals surface area (Å²) in [6, 6.07) is 9.63. The van der Waals surface area contributed by atoms with E-state index in [-0.39, 0.29) is 34.8 Å². The Hall–Kier alpha value is -3.12. The molecule has 1 N–H and O–H groups in total. The van der Waals surface area contributed by atoms with Crippen LogP contribution in [0.15, 0.2) is 58.9 Å². The number of allylic oxidation sites excluding steroid dienone is 4. The molecule has 2 aromatic carbocycles. The molecule has 5 rings (SSSR count). The summed E-state index contributed by atoms with van der Waals surface area (Å²) in [5.41, 5.74) is 4.24. The number of dihydropyridines is 1. The molecule has 0 bridgehead atoms. The first-order chi connectivity index (χ1) is 17.9. The third-order valence-corrected chi connectivity index (χ3v) is 7.88. The predicted molar refractivity (Wildman–Crippen MR) is 145 cm³/mol. The predicted octanol–water partition coefficient (Wildman–Crippen LogP) is 7.04. The van der Waals surface area contributed by atoms with Gasteiger partial charge in [-0.3, -0.25) is 9.59 Å². The Morgan fingerprint density at radius 2 is 1.47 bits per heavy atom. The van der Waals surface area contributed by atoms with Crippen molar-refractivity contribution < 1.29 is 23.5 Å². The van der Waals surface area contributed by atoms with Crippen molar-refractivity contribution in [3.8, 4) is 11.5 Å². The molecule has 1 heterocycles. The van der Waals surface area contributed by atoms with Crippen LogP contribution in [0.25, 0.3) is 0 Å². The molecule has 2 aromatic rings. The van der Waals surface area contributed by atoms with Gasteiger partial charge in [0.15, 0.2) is 23.1 Å². The summed E-state index contributed by atoms with van der Waals surface area (Å²) in [6.07, 6.45) is 2.27. The molecule has 200 valence electrons. The smallest absolute Gasteiger partial charge is 0.180 e. The molecular weight excluding hydrogens is 505 g/mol. The van der Waals surface area contributed by atoms with Crippen LogP contribution in [0.3, 0.4) is 0 Å². The number of Topliss-reactive ketones (excluding diaryl/α,β-unsaturated/α-hetero) is 2. The molecule has 0 amide bonds. The van der Waals surface area contributed by atoms with E-state index < -0.39 is 5.92 Å². The maximum absolute atomic E-state index is 13.6. The van der Waals surface area contributed by atoms with Crippen LogP contribution in [0.4, 0.5) is 4.39 Å². The minimum Gasteiger partial charge on any atom is -0.493 e. The van der Waals surface area contributed by atoms with E-state index in [1.165, 1.54) is 19.2 Å². The van der Waals surface area contributed by atoms with Crippen molar-refractivity contribution in [1.29, 1.82) is 0 Å². The number of methoxy groups -OCH3 is 1. The lowest BCUT2D eigenvalue weighted by Crippen LogP contribution is -2.42. The monoisotopic (exact) mass is 537 g/mol. The van der Waals surface area contributed by atoms with Gasteiger partial charge in [0.1, 0.15) is 12.4 Å². The highest BCUT2D eigenvalue weighted by Crippen LogP contribution is 2.52. The summed E-state index contributed by atoms with van der Waals surface area (Å²) in [7, 11) is 1.53. The minimum atomic E-state index is -0.522. The molecule has 5 nitrogen and oxygen atoms in total. The van der Waals surface area contributed by atoms with E-state index in [1.54, 1.807) is 18.2 Å². The van der Waals surface area contributed by atoms with E-state index in [4.69, 9.17) is 21.1 Å². The molecule has 0 atom stereocenters. The van der Waals surface area contributed by atoms with Crippen molar-refractivity contribution in [3.63, 3.8) is 0 Å². The number of ether oxygens (including phenoxy) is 2. The number of carbonyl (C=O) groups is 2. The zero-order chi connectivity index (χ0) is 27.4. The fourth-order valence-electron chi connectivity index (χ4n) is 6.00. The average molecular weight is 538 g/mol. The maximum Gasteiger partial charge on any atom is 0.180 e. The molecule has 3 aliphatic rings. The van der Waals surface area contributed by atoms with Crippen molar-refractivity contribution in [3.05, 3.63) is 80.9 Å². The van der Waals surface area contributed by atoms with E-state index in [1.807, 2.05) is 6.07 Å². The Bertz CT molecular complexity index is 1340. The van der Waals surface area contributed by atoms with Crippen LogP contribution in [0.1, 0.15) is 70.4 Å². The summed E-state index contributed by atoms with van der Waals surface area (Å²) in [6.45, 7) is 8.56. The van der Waals surface area contributed by atoms with Gasteiger partial charge in [-0.25, -0.2) is 4.39 Å². The first kappa shape index (κ1) is 26.5. The van der Waals surface area contributed by atoms with Crippen molar-refractivity contribution in [2.75, 3.05) is 7.11 Å². The van der Waals surface area contributed by atoms with Crippen molar-refractivity contribution in [2.24, 2.45) is 10.8 Å². The van der Waals surface area contributed by atoms with Crippen LogP contribution >= 0.6 is 11.6 Å². The molecule has 2 aliphatic carbocycles. The number of carbonyl (C=O) groups excluding carboxylic acids is 2. The van der Waals surface area contributed by atoms with Crippen LogP contribution in [0.5, 0.6) is 11.5 Å². The summed E-state index contributed by atoms with van der Waals surface area (Å²) >= 11 is 6.76. The largest absolute Gasteiger partial charge is 0.493 e. The van der Waals surface area contributed by atoms with Crippen molar-refractivity contribution in [1.82, 2.24) is 5.32 Å². The lowest BCUT2D eigenvalue weighted by molar-refractivity contribution is -0.119. The number of hydrogen-bond donors (Lipinski definition) is 1. The zero-order valence-electron chi connectivity index (χ0n) is 22.5. The number of benzene rings is 2. The maximum atomic E-state index is 13.6. The summed E-state index contributed by atoms with van der Waals surface area (Å²) < 4.78 is 24.9. The van der Waals surface area contributed by atoms with Crippen molar-refractivity contribution >= 4 is 23.2 Å². The summed E-state index contributed by atoms with van der Waals surface area (Å²) in [5, 5.41) is 3.84. The normalized spacial score (nSPS) is 20.6. The van der Waals surface area contributed by atoms with Gasteiger partial charge in [0.25, 0.3) is 0 Å². The Kier molecular flexibility index (Phi) is 6.67. The molecule has 7 heteroatoms. The fraction of sp³-hybridized carbons (Fsp3) is 0.419. The van der Waals surface area contributed by atoms with Crippen LogP contribution < -0.4 is 14.8 Å². The van der Waals surface area contributed by atoms with Gasteiger partial charge in [-0.15, -0.1) is 0 Å². The number of rotatable bonds is 5. The highest BCUT2D eigenvalue weighted by Gasteiger charge is 2.46. The minimum absolute atomic E-state index is 0.0460. The zero-order valence-corrected chi connectivity index (χ0v) is 23.2. The fourth-order valence-corrected chi connectivity index (χ4v) is 6.28. The molecule has 38 heavy (non-hydrogen) atoms. The third-order valence-electron chi connectivity index (χ3n) is 7.60. The van der Waals surface area contributed by atoms with E-state index in [0.717, 1.165) is 35.4 Å². The van der Waals surface area contributed by atoms with Crippen LogP contribution in [-0.4, -0.2) is 18.7 Å². The van der Waals surface area contributed by atoms with Gasteiger partial charge in [-0.2, -0.15) is 0 Å². The Morgan fingerprint density at radius 1 is 0.921 bits per heavy atom. The molecule has 0 aromatic heterocycles. The van der Waals surface area contributed by atoms with Crippen molar-refractivity contribution in [2.45, 2.75) is 65.9 Å². The molecular formula is C31H33ClFNO4. The molecule has 1 aliphatic heterocycles. The van der Waals surface area contributed by atoms with E-state index in [2.05, 4.69) is 33.0 Å². The highest BCUT2D eigenvalue weighted by atomic mass is 35.5. The number of nitrogens with one attached hydrogen (secondary N) is 1. The van der Waals surface area contributed by atoms with Crippen LogP contribution in [0, 0.1) is 16.6 Å². The van der Waals surface area contributed by atoms with E-state index in [9.17, 15) is 14.0 Å². The van der Waals surface area contributed by atoms with Gasteiger partial charge < -0.3 is 14.8 Å². The van der Waals surface area contributed by atoms with Gasteiger partial charge >= 0.3 is 0 Å². The number of ketones is 2. The SMILES string of the molecule is COc1cc(C2C3=C(CC(C)(C)CC3=O)NC3=C2C(=O)CC(C)(C)C3)cc(Cl)c1OCc1ccc(F)cc1. The van der Waals surface area contributed by atoms with Crippen LogP contribution in [0.2, 0.25) is 5.02 Å². The average Bonchev–Trinajstić information content (AvgIpc) is 2.81. The van der Waals surface area contributed by atoms with Gasteiger partial charge in [0, 0.05) is 41.3 Å². The number of hydrogen-bond acceptors (Lipinski definition) is 5. The van der Waals surface area contributed by atoms with Gasteiger partial charge in [0.05, 0.1) is 12.1 Å².